The maximum atomic E-state index is 7.98. The highest BCUT2D eigenvalue weighted by atomic mass is 16.5. The first-order chi connectivity index (χ1) is 7.74. The van der Waals surface area contributed by atoms with E-state index in [0.29, 0.717) is 0 Å². The zero-order valence-corrected chi connectivity index (χ0v) is 9.78. The van der Waals surface area contributed by atoms with Crippen LogP contribution < -0.4 is 4.74 Å². The molecule has 0 aliphatic carbocycles. The van der Waals surface area contributed by atoms with Crippen molar-refractivity contribution in [3.63, 3.8) is 0 Å². The van der Waals surface area contributed by atoms with E-state index >= 15 is 0 Å². The van der Waals surface area contributed by atoms with E-state index in [1.54, 1.807) is 0 Å². The van der Waals surface area contributed by atoms with Gasteiger partial charge in [-0.3, -0.25) is 0 Å². The smallest absolute Gasteiger partial charge is 0.119 e. The molecule has 0 fully saturated rings. The number of rotatable bonds is 7. The number of benzene rings is 1. The molecule has 0 radical (unpaired) electrons. The first-order valence-electron chi connectivity index (χ1n) is 6.45. The number of para-hydroxylation sites is 1. The standard InChI is InChI=1S/C14H22O/c1-3-4-5-7-10-13(2)15-14-11-8-6-9-12-14/h6,8-9,11-13H,3-5,7,10H2,1-2H3/t13-/m1/s1/i10D/t10-,13-. The van der Waals surface area contributed by atoms with Crippen LogP contribution in [0.2, 0.25) is 0 Å². The molecule has 0 saturated carbocycles. The summed E-state index contributed by atoms with van der Waals surface area (Å²) >= 11 is 0. The maximum Gasteiger partial charge on any atom is 0.119 e. The fourth-order valence-corrected chi connectivity index (χ4v) is 1.51. The molecule has 0 amide bonds. The molecule has 1 heteroatoms. The molecule has 0 aliphatic heterocycles. The summed E-state index contributed by atoms with van der Waals surface area (Å²) in [5.74, 6) is 0.864. The van der Waals surface area contributed by atoms with Crippen molar-refractivity contribution in [1.82, 2.24) is 0 Å². The number of unbranched alkanes of at least 4 members (excludes halogenated alkanes) is 2. The van der Waals surface area contributed by atoms with E-state index in [2.05, 4.69) is 6.92 Å². The minimum Gasteiger partial charge on any atom is -0.491 e. The summed E-state index contributed by atoms with van der Waals surface area (Å²) in [6.07, 6.45) is 4.34. The lowest BCUT2D eigenvalue weighted by molar-refractivity contribution is 0.206. The molecular weight excluding hydrogens is 184 g/mol. The zero-order valence-electron chi connectivity index (χ0n) is 10.8. The van der Waals surface area contributed by atoms with Gasteiger partial charge in [0.2, 0.25) is 0 Å². The van der Waals surface area contributed by atoms with E-state index in [4.69, 9.17) is 6.11 Å². The number of hydrogen-bond donors (Lipinski definition) is 0. The van der Waals surface area contributed by atoms with Crippen molar-refractivity contribution >= 4 is 0 Å². The minimum absolute atomic E-state index is 0.0285. The van der Waals surface area contributed by atoms with E-state index in [1.165, 1.54) is 12.8 Å². The highest BCUT2D eigenvalue weighted by Gasteiger charge is 2.02. The SMILES string of the molecule is [2H][C@H](CCCCC)[C@@H](C)Oc1ccccc1. The lowest BCUT2D eigenvalue weighted by Crippen LogP contribution is -2.11. The van der Waals surface area contributed by atoms with Crippen molar-refractivity contribution < 1.29 is 6.11 Å². The Morgan fingerprint density at radius 2 is 1.93 bits per heavy atom. The second-order valence-corrected chi connectivity index (χ2v) is 3.87. The van der Waals surface area contributed by atoms with Crippen LogP contribution in [0.1, 0.15) is 47.3 Å². The highest BCUT2D eigenvalue weighted by molar-refractivity contribution is 5.21. The molecule has 0 aliphatic rings. The van der Waals surface area contributed by atoms with E-state index in [9.17, 15) is 0 Å². The fraction of sp³-hybridized carbons (Fsp3) is 0.571. The van der Waals surface area contributed by atoms with Gasteiger partial charge in [0.15, 0.2) is 0 Å². The van der Waals surface area contributed by atoms with Gasteiger partial charge in [0.05, 0.1) is 6.10 Å². The van der Waals surface area contributed by atoms with Crippen LogP contribution in [0.4, 0.5) is 0 Å². The summed E-state index contributed by atoms with van der Waals surface area (Å²) in [4.78, 5) is 0. The van der Waals surface area contributed by atoms with Crippen molar-refractivity contribution in [3.8, 4) is 5.75 Å². The van der Waals surface area contributed by atoms with Gasteiger partial charge in [-0.2, -0.15) is 0 Å². The largest absolute Gasteiger partial charge is 0.491 e. The third-order valence-electron chi connectivity index (χ3n) is 2.37. The van der Waals surface area contributed by atoms with Crippen LogP contribution in [0.25, 0.3) is 0 Å². The fourth-order valence-electron chi connectivity index (χ4n) is 1.51. The van der Waals surface area contributed by atoms with Crippen LogP contribution in [0, 0.1) is 0 Å². The van der Waals surface area contributed by atoms with Crippen molar-refractivity contribution in [3.05, 3.63) is 30.3 Å². The molecule has 1 rings (SSSR count). The second kappa shape index (κ2) is 7.33. The average Bonchev–Trinajstić information content (AvgIpc) is 2.30. The van der Waals surface area contributed by atoms with Crippen LogP contribution in [-0.4, -0.2) is 6.10 Å². The second-order valence-electron chi connectivity index (χ2n) is 3.87. The van der Waals surface area contributed by atoms with E-state index < -0.39 is 0 Å². The Morgan fingerprint density at radius 1 is 1.20 bits per heavy atom. The summed E-state index contributed by atoms with van der Waals surface area (Å²) in [7, 11) is 0. The summed E-state index contributed by atoms with van der Waals surface area (Å²) in [6, 6.07) is 9.76. The van der Waals surface area contributed by atoms with Gasteiger partial charge in [0.25, 0.3) is 0 Å². The normalized spacial score (nSPS) is 15.5. The molecule has 84 valence electrons. The molecule has 0 heterocycles. The molecule has 1 nitrogen and oxygen atoms in total. The topological polar surface area (TPSA) is 9.23 Å². The molecule has 1 aromatic carbocycles. The quantitative estimate of drug-likeness (QED) is 0.601. The van der Waals surface area contributed by atoms with Gasteiger partial charge in [-0.25, -0.2) is 0 Å². The van der Waals surface area contributed by atoms with Crippen LogP contribution >= 0.6 is 0 Å². The Labute approximate surface area is 94.9 Å². The summed E-state index contributed by atoms with van der Waals surface area (Å²) in [5.41, 5.74) is 0. The zero-order chi connectivity index (χ0) is 11.8. The van der Waals surface area contributed by atoms with E-state index in [1.807, 2.05) is 37.3 Å². The van der Waals surface area contributed by atoms with Crippen molar-refractivity contribution in [1.29, 1.82) is 0 Å². The van der Waals surface area contributed by atoms with Crippen LogP contribution in [0.5, 0.6) is 5.75 Å². The van der Waals surface area contributed by atoms with Crippen molar-refractivity contribution in [2.75, 3.05) is 0 Å². The Kier molecular flexibility index (Phi) is 5.15. The third-order valence-corrected chi connectivity index (χ3v) is 2.37. The third kappa shape index (κ3) is 5.46. The Bertz CT molecular complexity index is 273. The molecular formula is C14H22O. The lowest BCUT2D eigenvalue weighted by atomic mass is 10.1. The molecule has 0 unspecified atom stereocenters. The molecule has 1 aromatic rings. The minimum atomic E-state index is -0.119. The highest BCUT2D eigenvalue weighted by Crippen LogP contribution is 2.14. The van der Waals surface area contributed by atoms with Crippen LogP contribution in [-0.2, 0) is 0 Å². The van der Waals surface area contributed by atoms with Gasteiger partial charge >= 0.3 is 0 Å². The van der Waals surface area contributed by atoms with Gasteiger partial charge in [0.1, 0.15) is 5.75 Å². The molecule has 0 aromatic heterocycles. The summed E-state index contributed by atoms with van der Waals surface area (Å²) < 4.78 is 13.7. The predicted octanol–water partition coefficient (Wildman–Crippen LogP) is 4.42. The van der Waals surface area contributed by atoms with Crippen LogP contribution in [0.15, 0.2) is 30.3 Å². The molecule has 0 bridgehead atoms. The van der Waals surface area contributed by atoms with Gasteiger partial charge in [-0.05, 0) is 31.9 Å². The molecule has 15 heavy (non-hydrogen) atoms. The maximum absolute atomic E-state index is 7.98. The first-order valence-corrected chi connectivity index (χ1v) is 5.88. The van der Waals surface area contributed by atoms with Gasteiger partial charge in [-0.15, -0.1) is 0 Å². The van der Waals surface area contributed by atoms with Crippen molar-refractivity contribution in [2.45, 2.75) is 52.0 Å². The van der Waals surface area contributed by atoms with Crippen molar-refractivity contribution in [2.24, 2.45) is 0 Å². The Balaban J connectivity index is 2.31. The molecule has 2 atom stereocenters. The monoisotopic (exact) mass is 207 g/mol. The predicted molar refractivity (Wildman–Crippen MR) is 65.3 cm³/mol. The van der Waals surface area contributed by atoms with Gasteiger partial charge in [0, 0.05) is 1.37 Å². The molecule has 0 saturated heterocycles. The lowest BCUT2D eigenvalue weighted by Gasteiger charge is -2.14. The molecule has 0 spiro atoms. The van der Waals surface area contributed by atoms with E-state index in [0.717, 1.165) is 18.6 Å². The Hall–Kier alpha value is -0.980. The van der Waals surface area contributed by atoms with E-state index in [-0.39, 0.29) is 12.5 Å². The first kappa shape index (κ1) is 10.5. The van der Waals surface area contributed by atoms with Gasteiger partial charge < -0.3 is 4.74 Å². The summed E-state index contributed by atoms with van der Waals surface area (Å²) in [6.45, 7) is 4.17. The molecule has 0 N–H and O–H groups in total. The Morgan fingerprint density at radius 3 is 2.60 bits per heavy atom. The summed E-state index contributed by atoms with van der Waals surface area (Å²) in [5, 5.41) is 0. The van der Waals surface area contributed by atoms with Gasteiger partial charge in [-0.1, -0.05) is 44.4 Å². The number of ether oxygens (including phenoxy) is 1. The average molecular weight is 207 g/mol. The van der Waals surface area contributed by atoms with Crippen LogP contribution in [0.3, 0.4) is 0 Å². The number of hydrogen-bond acceptors (Lipinski definition) is 1.